The number of rotatable bonds is 3. The van der Waals surface area contributed by atoms with Crippen molar-refractivity contribution < 1.29 is 4.42 Å². The first-order valence-electron chi connectivity index (χ1n) is 5.10. The minimum Gasteiger partial charge on any atom is -0.424 e. The van der Waals surface area contributed by atoms with Crippen molar-refractivity contribution in [2.24, 2.45) is 0 Å². The van der Waals surface area contributed by atoms with E-state index < -0.39 is 0 Å². The molecule has 0 aromatic carbocycles. The molecule has 90 valence electrons. The van der Waals surface area contributed by atoms with E-state index in [0.717, 1.165) is 5.69 Å². The summed E-state index contributed by atoms with van der Waals surface area (Å²) in [5.41, 5.74) is 0.556. The van der Waals surface area contributed by atoms with Gasteiger partial charge in [0.2, 0.25) is 11.8 Å². The molecule has 2 aromatic rings. The molecule has 0 spiro atoms. The van der Waals surface area contributed by atoms with Crippen LogP contribution in [0.3, 0.4) is 0 Å². The van der Waals surface area contributed by atoms with Gasteiger partial charge in [-0.05, 0) is 0 Å². The van der Waals surface area contributed by atoms with Gasteiger partial charge in [-0.1, -0.05) is 0 Å². The fraction of sp³-hybridized carbons (Fsp3) is 0.400. The summed E-state index contributed by atoms with van der Waals surface area (Å²) in [7, 11) is 3.70. The van der Waals surface area contributed by atoms with Crippen molar-refractivity contribution in [1.29, 1.82) is 0 Å². The van der Waals surface area contributed by atoms with Crippen LogP contribution in [0.5, 0.6) is 0 Å². The fourth-order valence-corrected chi connectivity index (χ4v) is 1.32. The van der Waals surface area contributed by atoms with Crippen molar-refractivity contribution in [2.75, 3.05) is 19.0 Å². The summed E-state index contributed by atoms with van der Waals surface area (Å²) in [6.45, 7) is 1.88. The zero-order valence-corrected chi connectivity index (χ0v) is 9.91. The van der Waals surface area contributed by atoms with Crippen molar-refractivity contribution in [1.82, 2.24) is 20.0 Å². The summed E-state index contributed by atoms with van der Waals surface area (Å²) in [6, 6.07) is 1.51. The average Bonchev–Trinajstić information content (AvgIpc) is 2.67. The van der Waals surface area contributed by atoms with Gasteiger partial charge in [0.25, 0.3) is 5.56 Å². The van der Waals surface area contributed by atoms with Crippen LogP contribution in [0.15, 0.2) is 21.5 Å². The quantitative estimate of drug-likeness (QED) is 0.748. The van der Waals surface area contributed by atoms with Gasteiger partial charge < -0.3 is 9.32 Å². The second-order valence-corrected chi connectivity index (χ2v) is 3.82. The molecule has 0 aliphatic carbocycles. The van der Waals surface area contributed by atoms with Crippen LogP contribution in [-0.2, 0) is 6.54 Å². The SMILES string of the molecule is Cc1nnc(Cn2ncc(N(C)C)cc2=O)o1. The van der Waals surface area contributed by atoms with Crippen LogP contribution >= 0.6 is 0 Å². The van der Waals surface area contributed by atoms with Crippen molar-refractivity contribution in [3.05, 3.63) is 34.4 Å². The molecule has 0 radical (unpaired) electrons. The van der Waals surface area contributed by atoms with Crippen LogP contribution in [-0.4, -0.2) is 34.1 Å². The number of aryl methyl sites for hydroxylation is 1. The molecule has 0 aliphatic rings. The van der Waals surface area contributed by atoms with E-state index in [9.17, 15) is 4.79 Å². The van der Waals surface area contributed by atoms with Gasteiger partial charge in [-0.3, -0.25) is 4.79 Å². The molecule has 0 saturated carbocycles. The standard InChI is InChI=1S/C10H13N5O2/c1-7-12-13-9(17-7)6-15-10(16)4-8(5-11-15)14(2)3/h4-5H,6H2,1-3H3. The number of aromatic nitrogens is 4. The van der Waals surface area contributed by atoms with Crippen LogP contribution in [0.1, 0.15) is 11.8 Å². The summed E-state index contributed by atoms with van der Waals surface area (Å²) in [6.07, 6.45) is 1.62. The highest BCUT2D eigenvalue weighted by Crippen LogP contribution is 2.04. The van der Waals surface area contributed by atoms with Crippen LogP contribution in [0.25, 0.3) is 0 Å². The maximum absolute atomic E-state index is 11.7. The molecule has 2 heterocycles. The molecule has 0 aliphatic heterocycles. The molecule has 7 heteroatoms. The van der Waals surface area contributed by atoms with Crippen molar-refractivity contribution in [2.45, 2.75) is 13.5 Å². The third kappa shape index (κ3) is 2.49. The second kappa shape index (κ2) is 4.36. The highest BCUT2D eigenvalue weighted by molar-refractivity contribution is 5.40. The van der Waals surface area contributed by atoms with Crippen LogP contribution in [0, 0.1) is 6.92 Å². The molecule has 0 N–H and O–H groups in total. The Morgan fingerprint density at radius 3 is 2.71 bits per heavy atom. The first-order valence-corrected chi connectivity index (χ1v) is 5.10. The highest BCUT2D eigenvalue weighted by atomic mass is 16.4. The summed E-state index contributed by atoms with van der Waals surface area (Å²) >= 11 is 0. The fourth-order valence-electron chi connectivity index (χ4n) is 1.32. The molecule has 0 unspecified atom stereocenters. The predicted molar refractivity (Wildman–Crippen MR) is 61.0 cm³/mol. The van der Waals surface area contributed by atoms with Gasteiger partial charge in [-0.15, -0.1) is 10.2 Å². The Morgan fingerprint density at radius 2 is 2.18 bits per heavy atom. The lowest BCUT2D eigenvalue weighted by Crippen LogP contribution is -2.24. The van der Waals surface area contributed by atoms with E-state index in [0.29, 0.717) is 11.8 Å². The lowest BCUT2D eigenvalue weighted by atomic mass is 10.4. The van der Waals surface area contributed by atoms with Crippen LogP contribution < -0.4 is 10.5 Å². The van der Waals surface area contributed by atoms with Crippen molar-refractivity contribution >= 4 is 5.69 Å². The van der Waals surface area contributed by atoms with Crippen molar-refractivity contribution in [3.8, 4) is 0 Å². The smallest absolute Gasteiger partial charge is 0.269 e. The topological polar surface area (TPSA) is 77.1 Å². The van der Waals surface area contributed by atoms with Crippen molar-refractivity contribution in [3.63, 3.8) is 0 Å². The summed E-state index contributed by atoms with van der Waals surface area (Å²) in [4.78, 5) is 13.6. The van der Waals surface area contributed by atoms with E-state index in [1.165, 1.54) is 10.7 Å². The first kappa shape index (κ1) is 11.3. The van der Waals surface area contributed by atoms with E-state index in [4.69, 9.17) is 4.42 Å². The Hall–Kier alpha value is -2.18. The summed E-state index contributed by atoms with van der Waals surface area (Å²) < 4.78 is 6.47. The number of nitrogens with zero attached hydrogens (tertiary/aromatic N) is 5. The van der Waals surface area contributed by atoms with E-state index in [1.54, 1.807) is 13.1 Å². The highest BCUT2D eigenvalue weighted by Gasteiger charge is 2.07. The van der Waals surface area contributed by atoms with Gasteiger partial charge in [-0.25, -0.2) is 4.68 Å². The lowest BCUT2D eigenvalue weighted by Gasteiger charge is -2.11. The van der Waals surface area contributed by atoms with Gasteiger partial charge in [0.1, 0.15) is 6.54 Å². The number of anilines is 1. The van der Waals surface area contributed by atoms with E-state index >= 15 is 0 Å². The molecular formula is C10H13N5O2. The molecule has 0 atom stereocenters. The number of hydrogen-bond donors (Lipinski definition) is 0. The van der Waals surface area contributed by atoms with Gasteiger partial charge in [0.15, 0.2) is 0 Å². The minimum atomic E-state index is -0.202. The normalized spacial score (nSPS) is 10.5. The van der Waals surface area contributed by atoms with Gasteiger partial charge >= 0.3 is 0 Å². The minimum absolute atomic E-state index is 0.188. The Kier molecular flexibility index (Phi) is 2.90. The van der Waals surface area contributed by atoms with E-state index in [1.807, 2.05) is 19.0 Å². The molecule has 17 heavy (non-hydrogen) atoms. The van der Waals surface area contributed by atoms with E-state index in [2.05, 4.69) is 15.3 Å². The van der Waals surface area contributed by atoms with Crippen LogP contribution in [0.2, 0.25) is 0 Å². The first-order chi connectivity index (χ1) is 8.06. The molecule has 0 bridgehead atoms. The maximum atomic E-state index is 11.7. The Labute approximate surface area is 97.7 Å². The van der Waals surface area contributed by atoms with Gasteiger partial charge in [-0.2, -0.15) is 5.10 Å². The molecule has 0 amide bonds. The summed E-state index contributed by atoms with van der Waals surface area (Å²) in [5.74, 6) is 0.840. The molecule has 2 rings (SSSR count). The molecule has 7 nitrogen and oxygen atoms in total. The second-order valence-electron chi connectivity index (χ2n) is 3.82. The molecule has 2 aromatic heterocycles. The van der Waals surface area contributed by atoms with Crippen LogP contribution in [0.4, 0.5) is 5.69 Å². The third-order valence-corrected chi connectivity index (χ3v) is 2.22. The Morgan fingerprint density at radius 1 is 1.41 bits per heavy atom. The van der Waals surface area contributed by atoms with E-state index in [-0.39, 0.29) is 12.1 Å². The molecule has 0 fully saturated rings. The largest absolute Gasteiger partial charge is 0.424 e. The average molecular weight is 235 g/mol. The summed E-state index contributed by atoms with van der Waals surface area (Å²) in [5, 5.41) is 11.5. The van der Waals surface area contributed by atoms with Gasteiger partial charge in [0.05, 0.1) is 11.9 Å². The predicted octanol–water partition coefficient (Wildman–Crippen LogP) is 0.0490. The Balaban J connectivity index is 2.25. The van der Waals surface area contributed by atoms with Gasteiger partial charge in [0, 0.05) is 27.1 Å². The lowest BCUT2D eigenvalue weighted by molar-refractivity contribution is 0.438. The zero-order chi connectivity index (χ0) is 12.4. The zero-order valence-electron chi connectivity index (χ0n) is 9.91. The third-order valence-electron chi connectivity index (χ3n) is 2.22. The molecule has 0 saturated heterocycles. The molecular weight excluding hydrogens is 222 g/mol. The number of hydrogen-bond acceptors (Lipinski definition) is 6. The Bertz CT molecular complexity index is 572. The maximum Gasteiger partial charge on any atom is 0.269 e. The monoisotopic (exact) mass is 235 g/mol.